The van der Waals surface area contributed by atoms with Crippen molar-refractivity contribution in [2.24, 2.45) is 0 Å². The molecule has 0 radical (unpaired) electrons. The Morgan fingerprint density at radius 2 is 1.91 bits per heavy atom. The normalized spacial score (nSPS) is 11.4. The maximum Gasteiger partial charge on any atom is 0.253 e. The summed E-state index contributed by atoms with van der Waals surface area (Å²) in [5.41, 5.74) is 3.86. The summed E-state index contributed by atoms with van der Waals surface area (Å²) in [6.07, 6.45) is 0. The molecule has 7 heteroatoms. The number of aromatic amines is 1. The Bertz CT molecular complexity index is 1000. The van der Waals surface area contributed by atoms with Gasteiger partial charge >= 0.3 is 0 Å². The molecule has 0 fully saturated rings. The highest BCUT2D eigenvalue weighted by atomic mass is 35.5. The van der Waals surface area contributed by atoms with E-state index in [0.29, 0.717) is 21.8 Å². The molecule has 0 spiro atoms. The summed E-state index contributed by atoms with van der Waals surface area (Å²) >= 11 is 11.9. The molecule has 2 aromatic heterocycles. The van der Waals surface area contributed by atoms with Crippen LogP contribution in [0.5, 0.6) is 0 Å². The summed E-state index contributed by atoms with van der Waals surface area (Å²) in [5.74, 6) is 1.20. The quantitative estimate of drug-likeness (QED) is 0.565. The monoisotopic (exact) mass is 331 g/mol. The molecular weight excluding hydrogens is 321 g/mol. The van der Waals surface area contributed by atoms with E-state index in [1.165, 1.54) is 5.56 Å². The zero-order valence-electron chi connectivity index (χ0n) is 11.6. The fourth-order valence-electron chi connectivity index (χ4n) is 2.36. The molecule has 22 heavy (non-hydrogen) atoms. The van der Waals surface area contributed by atoms with Crippen LogP contribution < -0.4 is 5.32 Å². The van der Waals surface area contributed by atoms with Gasteiger partial charge in [0.25, 0.3) is 5.78 Å². The highest BCUT2D eigenvalue weighted by Gasteiger charge is 2.10. The van der Waals surface area contributed by atoms with Crippen molar-refractivity contribution in [3.8, 4) is 0 Å². The van der Waals surface area contributed by atoms with E-state index in [-0.39, 0.29) is 0 Å². The smallest absolute Gasteiger partial charge is 0.253 e. The van der Waals surface area contributed by atoms with Gasteiger partial charge in [-0.2, -0.15) is 4.98 Å². The zero-order valence-corrected chi connectivity index (χ0v) is 13.1. The Morgan fingerprint density at radius 3 is 2.73 bits per heavy atom. The molecule has 5 nitrogen and oxygen atoms in total. The van der Waals surface area contributed by atoms with Gasteiger partial charge in [0.1, 0.15) is 0 Å². The first-order valence-corrected chi connectivity index (χ1v) is 7.43. The third-order valence-electron chi connectivity index (χ3n) is 3.40. The summed E-state index contributed by atoms with van der Waals surface area (Å²) in [6.45, 7) is 2.04. The minimum Gasteiger partial charge on any atom is -0.324 e. The minimum absolute atomic E-state index is 0.490. The molecule has 0 saturated heterocycles. The third-order valence-corrected chi connectivity index (χ3v) is 4.14. The second-order valence-corrected chi connectivity index (χ2v) is 5.88. The van der Waals surface area contributed by atoms with Gasteiger partial charge in [-0.15, -0.1) is 0 Å². The number of aryl methyl sites for hydroxylation is 1. The predicted octanol–water partition coefficient (Wildman–Crippen LogP) is 4.57. The van der Waals surface area contributed by atoms with Crippen LogP contribution in [0.1, 0.15) is 5.56 Å². The fourth-order valence-corrected chi connectivity index (χ4v) is 2.66. The molecule has 0 aliphatic rings. The number of nitrogens with zero attached hydrogens (tertiary/aromatic N) is 3. The van der Waals surface area contributed by atoms with E-state index in [2.05, 4.69) is 20.4 Å². The molecule has 0 amide bonds. The van der Waals surface area contributed by atoms with Gasteiger partial charge in [0, 0.05) is 5.69 Å². The number of hydrogen-bond acceptors (Lipinski definition) is 3. The number of benzene rings is 2. The van der Waals surface area contributed by atoms with Crippen molar-refractivity contribution in [1.82, 2.24) is 19.6 Å². The van der Waals surface area contributed by atoms with Gasteiger partial charge in [-0.25, -0.2) is 9.50 Å². The summed E-state index contributed by atoms with van der Waals surface area (Å²) in [7, 11) is 0. The molecule has 4 aromatic rings. The molecular formula is C15H11Cl2N5. The van der Waals surface area contributed by atoms with Crippen LogP contribution >= 0.6 is 23.2 Å². The lowest BCUT2D eigenvalue weighted by molar-refractivity contribution is 1.01. The molecule has 4 rings (SSSR count). The Morgan fingerprint density at radius 1 is 1.05 bits per heavy atom. The van der Waals surface area contributed by atoms with Crippen LogP contribution in [0.25, 0.3) is 16.8 Å². The molecule has 0 unspecified atom stereocenters. The average molecular weight is 332 g/mol. The van der Waals surface area contributed by atoms with Gasteiger partial charge in [0.15, 0.2) is 0 Å². The van der Waals surface area contributed by atoms with E-state index in [0.717, 1.165) is 16.7 Å². The van der Waals surface area contributed by atoms with Crippen LogP contribution in [0, 0.1) is 6.92 Å². The van der Waals surface area contributed by atoms with E-state index < -0.39 is 0 Å². The minimum atomic E-state index is 0.490. The van der Waals surface area contributed by atoms with Crippen molar-refractivity contribution in [2.45, 2.75) is 6.92 Å². The molecule has 0 atom stereocenters. The number of hydrogen-bond donors (Lipinski definition) is 2. The van der Waals surface area contributed by atoms with Crippen LogP contribution in [0.15, 0.2) is 36.4 Å². The first-order valence-electron chi connectivity index (χ1n) is 6.67. The highest BCUT2D eigenvalue weighted by molar-refractivity contribution is 6.42. The highest BCUT2D eigenvalue weighted by Crippen LogP contribution is 2.26. The topological polar surface area (TPSA) is 58.0 Å². The van der Waals surface area contributed by atoms with E-state index in [1.807, 2.05) is 35.7 Å². The SMILES string of the molecule is Cc1ccc2c(c1)nc1nc(Nc3ccc(Cl)c(Cl)c3)[nH]n12. The molecule has 0 bridgehead atoms. The molecule has 2 N–H and O–H groups in total. The van der Waals surface area contributed by atoms with Gasteiger partial charge in [-0.05, 0) is 42.8 Å². The van der Waals surface area contributed by atoms with Gasteiger partial charge in [-0.3, -0.25) is 5.10 Å². The lowest BCUT2D eigenvalue weighted by Crippen LogP contribution is -1.93. The van der Waals surface area contributed by atoms with Crippen molar-refractivity contribution >= 4 is 51.6 Å². The van der Waals surface area contributed by atoms with Crippen LogP contribution in [-0.2, 0) is 0 Å². The number of anilines is 2. The first-order chi connectivity index (χ1) is 10.6. The predicted molar refractivity (Wildman–Crippen MR) is 89.3 cm³/mol. The number of nitrogens with one attached hydrogen (secondary N) is 2. The van der Waals surface area contributed by atoms with E-state index in [4.69, 9.17) is 23.2 Å². The fraction of sp³-hybridized carbons (Fsp3) is 0.0667. The third kappa shape index (κ3) is 2.19. The van der Waals surface area contributed by atoms with Crippen molar-refractivity contribution < 1.29 is 0 Å². The number of aromatic nitrogens is 4. The average Bonchev–Trinajstić information content (AvgIpc) is 2.99. The summed E-state index contributed by atoms with van der Waals surface area (Å²) in [4.78, 5) is 8.94. The molecule has 2 aromatic carbocycles. The van der Waals surface area contributed by atoms with Gasteiger partial charge in [-0.1, -0.05) is 29.3 Å². The van der Waals surface area contributed by atoms with Gasteiger partial charge < -0.3 is 5.32 Å². The van der Waals surface area contributed by atoms with Crippen molar-refractivity contribution in [2.75, 3.05) is 5.32 Å². The summed E-state index contributed by atoms with van der Waals surface area (Å²) in [5, 5.41) is 7.34. The Balaban J connectivity index is 1.74. The molecule has 0 aliphatic carbocycles. The van der Waals surface area contributed by atoms with Gasteiger partial charge in [0.2, 0.25) is 5.95 Å². The Kier molecular flexibility index (Phi) is 2.99. The second-order valence-electron chi connectivity index (χ2n) is 5.07. The molecule has 0 aliphatic heterocycles. The number of imidazole rings is 1. The summed E-state index contributed by atoms with van der Waals surface area (Å²) < 4.78 is 1.84. The molecule has 2 heterocycles. The maximum absolute atomic E-state index is 6.01. The first kappa shape index (κ1) is 13.4. The Hall–Kier alpha value is -2.24. The number of fused-ring (bicyclic) bond motifs is 3. The van der Waals surface area contributed by atoms with E-state index >= 15 is 0 Å². The Labute approximate surface area is 135 Å². The van der Waals surface area contributed by atoms with Crippen molar-refractivity contribution in [1.29, 1.82) is 0 Å². The van der Waals surface area contributed by atoms with Crippen LogP contribution in [0.4, 0.5) is 11.6 Å². The molecule has 0 saturated carbocycles. The van der Waals surface area contributed by atoms with Crippen LogP contribution in [0.3, 0.4) is 0 Å². The van der Waals surface area contributed by atoms with Crippen LogP contribution in [0.2, 0.25) is 10.0 Å². The van der Waals surface area contributed by atoms with Crippen molar-refractivity contribution in [3.63, 3.8) is 0 Å². The largest absolute Gasteiger partial charge is 0.324 e. The lowest BCUT2D eigenvalue weighted by Gasteiger charge is -2.03. The van der Waals surface area contributed by atoms with Crippen LogP contribution in [-0.4, -0.2) is 19.6 Å². The number of rotatable bonds is 2. The second kappa shape index (κ2) is 4.90. The zero-order chi connectivity index (χ0) is 15.3. The maximum atomic E-state index is 6.01. The van der Waals surface area contributed by atoms with Gasteiger partial charge in [0.05, 0.1) is 21.1 Å². The lowest BCUT2D eigenvalue weighted by atomic mass is 10.2. The molecule has 110 valence electrons. The number of H-pyrrole nitrogens is 1. The van der Waals surface area contributed by atoms with E-state index in [1.54, 1.807) is 12.1 Å². The number of halogens is 2. The van der Waals surface area contributed by atoms with Crippen molar-refractivity contribution in [3.05, 3.63) is 52.0 Å². The standard InChI is InChI=1S/C15H11Cl2N5/c1-8-2-5-13-12(6-8)19-15-20-14(21-22(13)15)18-9-3-4-10(16)11(17)7-9/h2-7H,1H3,(H2,18,19,20,21). The van der Waals surface area contributed by atoms with E-state index in [9.17, 15) is 0 Å². The summed E-state index contributed by atoms with van der Waals surface area (Å²) in [6, 6.07) is 11.4.